The SMILES string of the molecule is CCCCC/C=C(\O)C[N+](CCO)(CCC(C)C(=O)[O-])C/C(O)=C/CCCCC. The van der Waals surface area contributed by atoms with E-state index in [0.717, 1.165) is 51.4 Å². The standard InChI is InChI=1S/C23H43NO5/c1-4-6-8-10-12-21(26)18-24(16-17-25,15-14-20(3)23(28)29)19-22(27)13-11-9-7-5-2/h12-13,20,25H,4-11,14-19H2,1-3H3,(H2-,26,27,28,29)/b21-12-,22-13-. The highest BCUT2D eigenvalue weighted by Gasteiger charge is 2.30. The van der Waals surface area contributed by atoms with Gasteiger partial charge in [-0.2, -0.15) is 0 Å². The first-order valence-electron chi connectivity index (χ1n) is 11.2. The summed E-state index contributed by atoms with van der Waals surface area (Å²) in [5.74, 6) is -1.27. The second kappa shape index (κ2) is 16.3. The minimum atomic E-state index is -1.11. The van der Waals surface area contributed by atoms with Crippen molar-refractivity contribution in [1.29, 1.82) is 0 Å². The number of hydrogen-bond acceptors (Lipinski definition) is 5. The maximum absolute atomic E-state index is 11.1. The van der Waals surface area contributed by atoms with Gasteiger partial charge in [-0.3, -0.25) is 0 Å². The fourth-order valence-electron chi connectivity index (χ4n) is 3.42. The molecular formula is C23H43NO5. The Kier molecular flexibility index (Phi) is 15.4. The molecule has 6 nitrogen and oxygen atoms in total. The van der Waals surface area contributed by atoms with E-state index in [9.17, 15) is 25.2 Å². The lowest BCUT2D eigenvalue weighted by molar-refractivity contribution is -0.922. The number of carbonyl (C=O) groups is 1. The van der Waals surface area contributed by atoms with Crippen molar-refractivity contribution >= 4 is 5.97 Å². The third-order valence-corrected chi connectivity index (χ3v) is 5.38. The molecule has 170 valence electrons. The van der Waals surface area contributed by atoms with Gasteiger partial charge < -0.3 is 29.7 Å². The quantitative estimate of drug-likeness (QED) is 0.181. The Bertz CT molecular complexity index is 473. The number of quaternary nitrogens is 1. The number of aliphatic hydroxyl groups is 3. The Hall–Kier alpha value is -1.53. The van der Waals surface area contributed by atoms with Crippen molar-refractivity contribution < 1.29 is 29.7 Å². The number of rotatable bonds is 18. The van der Waals surface area contributed by atoms with E-state index in [1.54, 1.807) is 6.92 Å². The van der Waals surface area contributed by atoms with Crippen LogP contribution in [0.3, 0.4) is 0 Å². The lowest BCUT2D eigenvalue weighted by atomic mass is 10.1. The summed E-state index contributed by atoms with van der Waals surface area (Å²) < 4.78 is 0.223. The zero-order valence-corrected chi connectivity index (χ0v) is 18.7. The molecule has 6 heteroatoms. The summed E-state index contributed by atoms with van der Waals surface area (Å²) in [6.45, 7) is 7.03. The Morgan fingerprint density at radius 3 is 1.79 bits per heavy atom. The Balaban J connectivity index is 5.32. The molecule has 0 saturated carbocycles. The van der Waals surface area contributed by atoms with Gasteiger partial charge in [0.25, 0.3) is 0 Å². The lowest BCUT2D eigenvalue weighted by Gasteiger charge is -2.38. The molecule has 1 unspecified atom stereocenters. The van der Waals surface area contributed by atoms with Gasteiger partial charge in [-0.15, -0.1) is 0 Å². The number of carbonyl (C=O) groups excluding carboxylic acids is 1. The molecule has 0 saturated heterocycles. The molecule has 0 aliphatic heterocycles. The van der Waals surface area contributed by atoms with Gasteiger partial charge in [0, 0.05) is 18.3 Å². The molecule has 0 fully saturated rings. The Morgan fingerprint density at radius 1 is 0.931 bits per heavy atom. The van der Waals surface area contributed by atoms with E-state index in [1.165, 1.54) is 0 Å². The van der Waals surface area contributed by atoms with E-state index in [0.29, 0.717) is 19.5 Å². The largest absolute Gasteiger partial charge is 0.550 e. The molecule has 0 amide bonds. The third-order valence-electron chi connectivity index (χ3n) is 5.38. The molecule has 29 heavy (non-hydrogen) atoms. The predicted molar refractivity (Wildman–Crippen MR) is 115 cm³/mol. The van der Waals surface area contributed by atoms with E-state index in [4.69, 9.17) is 0 Å². The van der Waals surface area contributed by atoms with Crippen LogP contribution in [0, 0.1) is 5.92 Å². The van der Waals surface area contributed by atoms with Gasteiger partial charge in [0.2, 0.25) is 0 Å². The zero-order valence-electron chi connectivity index (χ0n) is 18.7. The first-order valence-corrected chi connectivity index (χ1v) is 11.2. The lowest BCUT2D eigenvalue weighted by Crippen LogP contribution is -2.53. The first-order chi connectivity index (χ1) is 13.8. The average Bonchev–Trinajstić information content (AvgIpc) is 2.67. The van der Waals surface area contributed by atoms with Crippen molar-refractivity contribution in [3.05, 3.63) is 23.7 Å². The second-order valence-corrected chi connectivity index (χ2v) is 8.22. The smallest absolute Gasteiger partial charge is 0.143 e. The van der Waals surface area contributed by atoms with E-state index < -0.39 is 11.9 Å². The molecule has 0 aliphatic rings. The minimum absolute atomic E-state index is 0.105. The number of nitrogens with zero attached hydrogens (tertiary/aromatic N) is 1. The molecule has 0 aromatic carbocycles. The van der Waals surface area contributed by atoms with Crippen molar-refractivity contribution in [2.24, 2.45) is 5.92 Å². The molecule has 0 bridgehead atoms. The second-order valence-electron chi connectivity index (χ2n) is 8.22. The summed E-state index contributed by atoms with van der Waals surface area (Å²) in [5, 5.41) is 41.7. The molecule has 0 rings (SSSR count). The summed E-state index contributed by atoms with van der Waals surface area (Å²) in [6, 6.07) is 0. The van der Waals surface area contributed by atoms with Crippen LogP contribution in [0.15, 0.2) is 23.7 Å². The van der Waals surface area contributed by atoms with Crippen molar-refractivity contribution in [2.45, 2.75) is 78.6 Å². The van der Waals surface area contributed by atoms with Gasteiger partial charge in [0.1, 0.15) is 31.2 Å². The predicted octanol–water partition coefficient (Wildman–Crippen LogP) is 3.62. The number of carboxylic acids is 1. The van der Waals surface area contributed by atoms with Gasteiger partial charge in [0.15, 0.2) is 0 Å². The van der Waals surface area contributed by atoms with Crippen LogP contribution >= 0.6 is 0 Å². The van der Waals surface area contributed by atoms with Gasteiger partial charge in [-0.1, -0.05) is 46.5 Å². The summed E-state index contributed by atoms with van der Waals surface area (Å²) in [7, 11) is 0. The van der Waals surface area contributed by atoms with Gasteiger partial charge in [0.05, 0.1) is 13.2 Å². The van der Waals surface area contributed by atoms with Crippen molar-refractivity contribution in [3.63, 3.8) is 0 Å². The van der Waals surface area contributed by atoms with Crippen LogP contribution in [0.2, 0.25) is 0 Å². The molecule has 0 aliphatic carbocycles. The number of aliphatic hydroxyl groups excluding tert-OH is 3. The molecule has 3 N–H and O–H groups in total. The highest BCUT2D eigenvalue weighted by Crippen LogP contribution is 2.18. The first kappa shape index (κ1) is 27.5. The Labute approximate surface area is 177 Å². The van der Waals surface area contributed by atoms with E-state index in [-0.39, 0.29) is 35.7 Å². The number of unbranched alkanes of at least 4 members (excludes halogenated alkanes) is 6. The maximum atomic E-state index is 11.1. The van der Waals surface area contributed by atoms with Crippen molar-refractivity contribution in [1.82, 2.24) is 0 Å². The molecular weight excluding hydrogens is 370 g/mol. The van der Waals surface area contributed by atoms with Crippen LogP contribution in [0.4, 0.5) is 0 Å². The molecule has 0 aromatic heterocycles. The highest BCUT2D eigenvalue weighted by molar-refractivity contribution is 5.66. The number of allylic oxidation sites excluding steroid dienone is 2. The maximum Gasteiger partial charge on any atom is 0.143 e. The molecule has 0 heterocycles. The molecule has 0 aromatic rings. The number of aliphatic carboxylic acids is 1. The van der Waals surface area contributed by atoms with Crippen LogP contribution < -0.4 is 5.11 Å². The van der Waals surface area contributed by atoms with Crippen molar-refractivity contribution in [2.75, 3.05) is 32.8 Å². The number of hydrogen-bond donors (Lipinski definition) is 3. The molecule has 0 spiro atoms. The zero-order chi connectivity index (χ0) is 22.1. The highest BCUT2D eigenvalue weighted by atomic mass is 16.4. The van der Waals surface area contributed by atoms with Gasteiger partial charge in [-0.05, 0) is 37.8 Å². The topological polar surface area (TPSA) is 101 Å². The summed E-state index contributed by atoms with van der Waals surface area (Å²) >= 11 is 0. The molecule has 1 atom stereocenters. The molecule has 0 radical (unpaired) electrons. The van der Waals surface area contributed by atoms with E-state index in [2.05, 4.69) is 13.8 Å². The monoisotopic (exact) mass is 413 g/mol. The summed E-state index contributed by atoms with van der Waals surface area (Å²) in [4.78, 5) is 11.1. The van der Waals surface area contributed by atoms with Crippen LogP contribution in [0.1, 0.15) is 78.6 Å². The average molecular weight is 414 g/mol. The summed E-state index contributed by atoms with van der Waals surface area (Å²) in [5.41, 5.74) is 0. The summed E-state index contributed by atoms with van der Waals surface area (Å²) in [6.07, 6.45) is 12.0. The van der Waals surface area contributed by atoms with Gasteiger partial charge in [-0.25, -0.2) is 0 Å². The van der Waals surface area contributed by atoms with Crippen molar-refractivity contribution in [3.8, 4) is 0 Å². The Morgan fingerprint density at radius 2 is 1.41 bits per heavy atom. The van der Waals surface area contributed by atoms with Crippen LogP contribution in [0.25, 0.3) is 0 Å². The minimum Gasteiger partial charge on any atom is -0.550 e. The fraction of sp³-hybridized carbons (Fsp3) is 0.783. The van der Waals surface area contributed by atoms with Crippen LogP contribution in [-0.2, 0) is 4.79 Å². The van der Waals surface area contributed by atoms with E-state index in [1.807, 2.05) is 12.2 Å². The van der Waals surface area contributed by atoms with Gasteiger partial charge >= 0.3 is 0 Å². The van der Waals surface area contributed by atoms with Crippen LogP contribution in [0.5, 0.6) is 0 Å². The normalized spacial score (nSPS) is 15.9. The fourth-order valence-corrected chi connectivity index (χ4v) is 3.42. The van der Waals surface area contributed by atoms with Crippen LogP contribution in [-0.4, -0.2) is 58.6 Å². The number of carboxylic acid groups (broad SMARTS) is 1. The third kappa shape index (κ3) is 13.3. The van der Waals surface area contributed by atoms with E-state index >= 15 is 0 Å².